The predicted octanol–water partition coefficient (Wildman–Crippen LogP) is 4.03. The third kappa shape index (κ3) is 4.93. The number of ether oxygens (including phenoxy) is 1. The highest BCUT2D eigenvalue weighted by molar-refractivity contribution is 5.87. The van der Waals surface area contributed by atoms with Crippen molar-refractivity contribution in [1.29, 1.82) is 0 Å². The Bertz CT molecular complexity index is 1180. The first-order valence-electron chi connectivity index (χ1n) is 9.95. The van der Waals surface area contributed by atoms with Crippen LogP contribution in [0.5, 0.6) is 5.75 Å². The zero-order valence-corrected chi connectivity index (χ0v) is 16.7. The number of carbonyl (C=O) groups excluding carboxylic acids is 1. The Balaban J connectivity index is 1.35. The zero-order valence-electron chi connectivity index (χ0n) is 16.7. The lowest BCUT2D eigenvalue weighted by Crippen LogP contribution is -2.44. The van der Waals surface area contributed by atoms with E-state index in [9.17, 15) is 14.7 Å². The Morgan fingerprint density at radius 3 is 2.32 bits per heavy atom. The lowest BCUT2D eigenvalue weighted by atomic mass is 10.1. The van der Waals surface area contributed by atoms with Crippen molar-refractivity contribution in [2.45, 2.75) is 12.5 Å². The van der Waals surface area contributed by atoms with Crippen LogP contribution < -0.4 is 10.1 Å². The summed E-state index contributed by atoms with van der Waals surface area (Å²) in [5.74, 6) is -1.04. The number of benzene rings is 3. The van der Waals surface area contributed by atoms with Crippen LogP contribution in [-0.4, -0.2) is 34.6 Å². The summed E-state index contributed by atoms with van der Waals surface area (Å²) in [5, 5.41) is 13.0. The normalized spacial score (nSPS) is 11.7. The van der Waals surface area contributed by atoms with Gasteiger partial charge in [0, 0.05) is 23.5 Å². The van der Waals surface area contributed by atoms with Gasteiger partial charge in [-0.25, -0.2) is 4.79 Å². The van der Waals surface area contributed by atoms with Gasteiger partial charge in [-0.15, -0.1) is 0 Å². The fourth-order valence-corrected chi connectivity index (χ4v) is 3.48. The van der Waals surface area contributed by atoms with E-state index in [1.165, 1.54) is 0 Å². The van der Waals surface area contributed by atoms with E-state index < -0.39 is 17.9 Å². The van der Waals surface area contributed by atoms with E-state index in [0.29, 0.717) is 5.75 Å². The second kappa shape index (κ2) is 9.17. The van der Waals surface area contributed by atoms with E-state index in [4.69, 9.17) is 4.74 Å². The summed E-state index contributed by atoms with van der Waals surface area (Å²) in [6.07, 6.45) is 1.95. The topological polar surface area (TPSA) is 91.4 Å². The average molecular weight is 414 g/mol. The summed E-state index contributed by atoms with van der Waals surface area (Å²) in [6.45, 7) is -0.262. The fraction of sp³-hybridized carbons (Fsp3) is 0.120. The molecule has 156 valence electrons. The van der Waals surface area contributed by atoms with Gasteiger partial charge in [-0.3, -0.25) is 4.79 Å². The van der Waals surface area contributed by atoms with Gasteiger partial charge in [-0.1, -0.05) is 60.7 Å². The van der Waals surface area contributed by atoms with Crippen molar-refractivity contribution in [2.24, 2.45) is 0 Å². The van der Waals surface area contributed by atoms with E-state index in [2.05, 4.69) is 10.3 Å². The van der Waals surface area contributed by atoms with E-state index in [-0.39, 0.29) is 13.0 Å². The summed E-state index contributed by atoms with van der Waals surface area (Å²) in [6, 6.07) is 23.9. The van der Waals surface area contributed by atoms with Crippen molar-refractivity contribution < 1.29 is 19.4 Å². The van der Waals surface area contributed by atoms with Crippen molar-refractivity contribution in [1.82, 2.24) is 10.3 Å². The Kier molecular flexibility index (Phi) is 5.98. The molecule has 4 rings (SSSR count). The Morgan fingerprint density at radius 2 is 1.58 bits per heavy atom. The molecule has 1 heterocycles. The van der Waals surface area contributed by atoms with Crippen LogP contribution in [0.3, 0.4) is 0 Å². The van der Waals surface area contributed by atoms with E-state index in [1.54, 1.807) is 18.3 Å². The summed E-state index contributed by atoms with van der Waals surface area (Å²) in [5.41, 5.74) is 3.89. The number of rotatable bonds is 8. The van der Waals surface area contributed by atoms with Gasteiger partial charge in [0.05, 0.1) is 0 Å². The second-order valence-electron chi connectivity index (χ2n) is 7.20. The molecule has 6 nitrogen and oxygen atoms in total. The maximum Gasteiger partial charge on any atom is 0.326 e. The molecule has 0 unspecified atom stereocenters. The highest BCUT2D eigenvalue weighted by atomic mass is 16.5. The van der Waals surface area contributed by atoms with E-state index in [1.807, 2.05) is 66.7 Å². The Morgan fingerprint density at radius 1 is 0.903 bits per heavy atom. The first-order valence-corrected chi connectivity index (χ1v) is 9.95. The molecule has 0 aliphatic heterocycles. The molecule has 31 heavy (non-hydrogen) atoms. The quantitative estimate of drug-likeness (QED) is 0.406. The van der Waals surface area contributed by atoms with Crippen LogP contribution in [0, 0.1) is 0 Å². The van der Waals surface area contributed by atoms with Gasteiger partial charge in [-0.2, -0.15) is 0 Å². The number of aliphatic carboxylic acids is 1. The molecule has 4 aromatic rings. The molecule has 0 saturated heterocycles. The molecule has 0 radical (unpaired) electrons. The SMILES string of the molecule is O=C(COc1ccc(-c2ccccc2)cc1)N[C@H](Cc1c[nH]c2ccccc12)C(=O)O. The summed E-state index contributed by atoms with van der Waals surface area (Å²) < 4.78 is 5.53. The molecule has 6 heteroatoms. The minimum atomic E-state index is -1.09. The molecule has 0 aliphatic rings. The highest BCUT2D eigenvalue weighted by Crippen LogP contribution is 2.22. The lowest BCUT2D eigenvalue weighted by molar-refractivity contribution is -0.142. The molecule has 0 saturated carbocycles. The van der Waals surface area contributed by atoms with Crippen molar-refractivity contribution in [2.75, 3.05) is 6.61 Å². The number of nitrogens with one attached hydrogen (secondary N) is 2. The second-order valence-corrected chi connectivity index (χ2v) is 7.20. The molecule has 0 fully saturated rings. The molecular formula is C25H22N2O4. The van der Waals surface area contributed by atoms with Crippen LogP contribution in [0.25, 0.3) is 22.0 Å². The standard InChI is InChI=1S/C25H22N2O4/c28-24(16-31-20-12-10-18(11-13-20)17-6-2-1-3-7-17)27-23(25(29)30)14-19-15-26-22-9-5-4-8-21(19)22/h1-13,15,23,26H,14,16H2,(H,27,28)(H,29,30)/t23-/m1/s1. The smallest absolute Gasteiger partial charge is 0.326 e. The maximum atomic E-state index is 12.3. The van der Waals surface area contributed by atoms with Crippen molar-refractivity contribution >= 4 is 22.8 Å². The largest absolute Gasteiger partial charge is 0.484 e. The monoisotopic (exact) mass is 414 g/mol. The average Bonchev–Trinajstić information content (AvgIpc) is 3.21. The number of carboxylic acids is 1. The number of carbonyl (C=O) groups is 2. The Labute approximate surface area is 179 Å². The van der Waals surface area contributed by atoms with Crippen LogP contribution in [0.2, 0.25) is 0 Å². The van der Waals surface area contributed by atoms with Gasteiger partial charge in [-0.05, 0) is 34.9 Å². The number of H-pyrrole nitrogens is 1. The number of fused-ring (bicyclic) bond motifs is 1. The Hall–Kier alpha value is -4.06. The van der Waals surface area contributed by atoms with Gasteiger partial charge < -0.3 is 20.1 Å². The van der Waals surface area contributed by atoms with Gasteiger partial charge >= 0.3 is 5.97 Å². The van der Waals surface area contributed by atoms with Gasteiger partial charge in [0.1, 0.15) is 11.8 Å². The van der Waals surface area contributed by atoms with E-state index in [0.717, 1.165) is 27.6 Å². The van der Waals surface area contributed by atoms with Gasteiger partial charge in [0.25, 0.3) is 5.91 Å². The van der Waals surface area contributed by atoms with Gasteiger partial charge in [0.15, 0.2) is 6.61 Å². The first-order chi connectivity index (χ1) is 15.1. The highest BCUT2D eigenvalue weighted by Gasteiger charge is 2.22. The minimum absolute atomic E-state index is 0.177. The molecule has 1 aromatic heterocycles. The third-order valence-corrected chi connectivity index (χ3v) is 5.06. The van der Waals surface area contributed by atoms with Crippen molar-refractivity contribution in [3.63, 3.8) is 0 Å². The number of aromatic nitrogens is 1. The van der Waals surface area contributed by atoms with Crippen LogP contribution in [0.1, 0.15) is 5.56 Å². The predicted molar refractivity (Wildman–Crippen MR) is 119 cm³/mol. The van der Waals surface area contributed by atoms with Crippen molar-refractivity contribution in [3.05, 3.63) is 90.6 Å². The molecule has 3 N–H and O–H groups in total. The van der Waals surface area contributed by atoms with Crippen molar-refractivity contribution in [3.8, 4) is 16.9 Å². The fourth-order valence-electron chi connectivity index (χ4n) is 3.48. The van der Waals surface area contributed by atoms with Crippen LogP contribution in [0.15, 0.2) is 85.1 Å². The zero-order chi connectivity index (χ0) is 21.6. The molecular weight excluding hydrogens is 392 g/mol. The van der Waals surface area contributed by atoms with Crippen LogP contribution in [0.4, 0.5) is 0 Å². The lowest BCUT2D eigenvalue weighted by Gasteiger charge is -2.15. The molecule has 0 bridgehead atoms. The molecule has 1 amide bonds. The summed E-state index contributed by atoms with van der Waals surface area (Å²) in [4.78, 5) is 27.1. The first kappa shape index (κ1) is 20.2. The van der Waals surface area contributed by atoms with Crippen LogP contribution >= 0.6 is 0 Å². The van der Waals surface area contributed by atoms with E-state index >= 15 is 0 Å². The molecule has 0 aliphatic carbocycles. The summed E-state index contributed by atoms with van der Waals surface area (Å²) in [7, 11) is 0. The number of amides is 1. The number of aromatic amines is 1. The number of hydrogen-bond acceptors (Lipinski definition) is 3. The minimum Gasteiger partial charge on any atom is -0.484 e. The molecule has 1 atom stereocenters. The van der Waals surface area contributed by atoms with Gasteiger partial charge in [0.2, 0.25) is 0 Å². The number of para-hydroxylation sites is 1. The number of carboxylic acid groups (broad SMARTS) is 1. The summed E-state index contributed by atoms with van der Waals surface area (Å²) >= 11 is 0. The third-order valence-electron chi connectivity index (χ3n) is 5.06. The number of hydrogen-bond donors (Lipinski definition) is 3. The molecule has 3 aromatic carbocycles. The molecule has 0 spiro atoms. The van der Waals surface area contributed by atoms with Crippen LogP contribution in [-0.2, 0) is 16.0 Å². The maximum absolute atomic E-state index is 12.3.